The van der Waals surface area contributed by atoms with Gasteiger partial charge >= 0.3 is 5.69 Å². The van der Waals surface area contributed by atoms with Crippen molar-refractivity contribution in [2.45, 2.75) is 102 Å². The Morgan fingerprint density at radius 1 is 0.969 bits per heavy atom. The van der Waals surface area contributed by atoms with Crippen molar-refractivity contribution in [3.05, 3.63) is 76.4 Å². The summed E-state index contributed by atoms with van der Waals surface area (Å²) in [6, 6.07) is 9.35. The van der Waals surface area contributed by atoms with Gasteiger partial charge in [0.25, 0.3) is 5.91 Å². The number of hydrogen-bond acceptors (Lipinski definition) is 12. The maximum absolute atomic E-state index is 13.4. The molecular weight excluding hydrogens is 815 g/mol. The molecule has 9 rings (SSSR count). The maximum atomic E-state index is 13.4. The van der Waals surface area contributed by atoms with E-state index >= 15 is 0 Å². The third-order valence-corrected chi connectivity index (χ3v) is 13.4. The van der Waals surface area contributed by atoms with Gasteiger partial charge in [-0.05, 0) is 118 Å². The van der Waals surface area contributed by atoms with Crippen LogP contribution in [0.5, 0.6) is 0 Å². The third-order valence-electron chi connectivity index (χ3n) is 13.4. The van der Waals surface area contributed by atoms with E-state index in [2.05, 4.69) is 60.7 Å². The number of imidazole rings is 1. The van der Waals surface area contributed by atoms with E-state index in [4.69, 9.17) is 14.3 Å². The average molecular weight is 876 g/mol. The van der Waals surface area contributed by atoms with Crippen molar-refractivity contribution in [1.29, 1.82) is 0 Å². The van der Waals surface area contributed by atoms with Crippen molar-refractivity contribution < 1.29 is 23.5 Å². The van der Waals surface area contributed by atoms with E-state index in [0.29, 0.717) is 36.0 Å². The van der Waals surface area contributed by atoms with E-state index in [0.717, 1.165) is 112 Å². The number of carbonyl (C=O) groups is 3. The lowest BCUT2D eigenvalue weighted by molar-refractivity contribution is -0.135. The average Bonchev–Trinajstić information content (AvgIpc) is 3.71. The molecule has 2 aliphatic carbocycles. The highest BCUT2D eigenvalue weighted by atomic mass is 16.5. The summed E-state index contributed by atoms with van der Waals surface area (Å²) >= 11 is 0. The van der Waals surface area contributed by atoms with Gasteiger partial charge in [-0.15, -0.1) is 0 Å². The highest BCUT2D eigenvalue weighted by molar-refractivity contribution is 6.03. The fourth-order valence-corrected chi connectivity index (χ4v) is 9.51. The number of aromatic nitrogens is 6. The monoisotopic (exact) mass is 875 g/mol. The predicted octanol–water partition coefficient (Wildman–Crippen LogP) is 5.42. The number of rotatable bonds is 17. The first-order valence-electron chi connectivity index (χ1n) is 23.2. The minimum Gasteiger partial charge on any atom is -0.444 e. The second-order valence-corrected chi connectivity index (χ2v) is 18.5. The van der Waals surface area contributed by atoms with Gasteiger partial charge in [0, 0.05) is 57.6 Å². The van der Waals surface area contributed by atoms with Crippen LogP contribution in [0.25, 0.3) is 22.5 Å². The molecule has 64 heavy (non-hydrogen) atoms. The molecule has 6 heterocycles. The SMILES string of the molecule is CC(C)c1nn(C2CCC(CNC[C@@H]3CN(CCCc4ccc5c(c4)n(C)c(=O)n5C4CCC(=O)NC4=O)CCO3)CC2)cc1NC(=O)c1coc(-c2ccnc(NCC3CC3)c2)n1. The number of amides is 3. The Labute approximate surface area is 372 Å². The summed E-state index contributed by atoms with van der Waals surface area (Å²) in [4.78, 5) is 62.3. The summed E-state index contributed by atoms with van der Waals surface area (Å²) in [6.07, 6.45) is 14.4. The molecule has 5 aromatic rings. The van der Waals surface area contributed by atoms with Crippen molar-refractivity contribution >= 4 is 40.3 Å². The fraction of sp³-hybridized carbons (Fsp3) is 0.553. The molecule has 2 saturated heterocycles. The first kappa shape index (κ1) is 43.6. The van der Waals surface area contributed by atoms with Gasteiger partial charge in [-0.25, -0.2) is 14.8 Å². The molecule has 2 saturated carbocycles. The van der Waals surface area contributed by atoms with Crippen molar-refractivity contribution in [3.63, 3.8) is 0 Å². The second kappa shape index (κ2) is 19.2. The lowest BCUT2D eigenvalue weighted by atomic mass is 9.86. The number of anilines is 2. The smallest absolute Gasteiger partial charge is 0.329 e. The van der Waals surface area contributed by atoms with Gasteiger partial charge in [0.05, 0.1) is 41.2 Å². The van der Waals surface area contributed by atoms with Crippen LogP contribution in [-0.4, -0.2) is 103 Å². The molecule has 1 unspecified atom stereocenters. The van der Waals surface area contributed by atoms with Crippen LogP contribution < -0.4 is 27.0 Å². The molecule has 1 aromatic carbocycles. The number of fused-ring (bicyclic) bond motifs is 1. The number of oxazole rings is 1. The number of benzene rings is 1. The normalized spacial score (nSPS) is 22.0. The lowest BCUT2D eigenvalue weighted by Crippen LogP contribution is -2.47. The molecule has 0 bridgehead atoms. The van der Waals surface area contributed by atoms with Gasteiger partial charge in [0.1, 0.15) is 18.1 Å². The van der Waals surface area contributed by atoms with E-state index in [9.17, 15) is 19.2 Å². The minimum atomic E-state index is -0.683. The minimum absolute atomic E-state index is 0.128. The van der Waals surface area contributed by atoms with Crippen LogP contribution in [0, 0.1) is 11.8 Å². The van der Waals surface area contributed by atoms with Crippen LogP contribution in [0.3, 0.4) is 0 Å². The van der Waals surface area contributed by atoms with Crippen LogP contribution in [-0.2, 0) is 27.8 Å². The summed E-state index contributed by atoms with van der Waals surface area (Å²) in [7, 11) is 1.73. The zero-order valence-corrected chi connectivity index (χ0v) is 37.2. The topological polar surface area (TPSA) is 195 Å². The maximum Gasteiger partial charge on any atom is 0.329 e. The van der Waals surface area contributed by atoms with Gasteiger partial charge in [-0.1, -0.05) is 19.9 Å². The molecule has 4 fully saturated rings. The van der Waals surface area contributed by atoms with Gasteiger partial charge in [-0.3, -0.25) is 38.4 Å². The van der Waals surface area contributed by atoms with Crippen molar-refractivity contribution in [1.82, 2.24) is 44.4 Å². The van der Waals surface area contributed by atoms with E-state index in [1.165, 1.54) is 23.7 Å². The summed E-state index contributed by atoms with van der Waals surface area (Å²) in [5.41, 5.74) is 4.94. The number of morpholine rings is 1. The number of nitrogens with one attached hydrogen (secondary N) is 4. The van der Waals surface area contributed by atoms with Crippen LogP contribution in [0.2, 0.25) is 0 Å². The van der Waals surface area contributed by atoms with Gasteiger partial charge in [0.2, 0.25) is 17.7 Å². The van der Waals surface area contributed by atoms with Crippen molar-refractivity contribution in [2.24, 2.45) is 18.9 Å². The van der Waals surface area contributed by atoms with E-state index in [1.54, 1.807) is 17.8 Å². The molecule has 2 aliphatic heterocycles. The van der Waals surface area contributed by atoms with Gasteiger partial charge in [0.15, 0.2) is 5.69 Å². The van der Waals surface area contributed by atoms with Crippen molar-refractivity contribution in [2.75, 3.05) is 56.5 Å². The van der Waals surface area contributed by atoms with Gasteiger partial charge in [-0.2, -0.15) is 5.10 Å². The summed E-state index contributed by atoms with van der Waals surface area (Å²) in [6.45, 7) is 10.3. The zero-order valence-electron chi connectivity index (χ0n) is 37.2. The number of piperidine rings is 1. The molecule has 4 aliphatic rings. The second-order valence-electron chi connectivity index (χ2n) is 18.5. The van der Waals surface area contributed by atoms with Gasteiger partial charge < -0.3 is 25.1 Å². The fourth-order valence-electron chi connectivity index (χ4n) is 9.51. The Morgan fingerprint density at radius 2 is 1.78 bits per heavy atom. The molecule has 3 amide bonds. The number of aryl methyl sites for hydroxylation is 2. The number of imide groups is 1. The quantitative estimate of drug-likeness (QED) is 0.0869. The van der Waals surface area contributed by atoms with Crippen LogP contribution in [0.1, 0.15) is 111 Å². The number of hydrogen-bond donors (Lipinski definition) is 4. The third kappa shape index (κ3) is 10.0. The molecule has 4 aromatic heterocycles. The summed E-state index contributed by atoms with van der Waals surface area (Å²) < 4.78 is 17.1. The first-order chi connectivity index (χ1) is 31.1. The highest BCUT2D eigenvalue weighted by Gasteiger charge is 2.32. The molecule has 4 N–H and O–H groups in total. The molecule has 2 atom stereocenters. The summed E-state index contributed by atoms with van der Waals surface area (Å²) in [5.74, 6) is 1.53. The number of pyridine rings is 1. The Morgan fingerprint density at radius 3 is 2.58 bits per heavy atom. The Hall–Kier alpha value is -5.65. The predicted molar refractivity (Wildman–Crippen MR) is 242 cm³/mol. The first-order valence-corrected chi connectivity index (χ1v) is 23.2. The zero-order chi connectivity index (χ0) is 44.3. The molecule has 0 spiro atoms. The van der Waals surface area contributed by atoms with Crippen LogP contribution in [0.15, 0.2) is 58.2 Å². The Kier molecular flexibility index (Phi) is 13.1. The van der Waals surface area contributed by atoms with Crippen LogP contribution in [0.4, 0.5) is 11.5 Å². The molecular formula is C47H61N11O6. The molecule has 17 heteroatoms. The number of ether oxygens (including phenoxy) is 1. The van der Waals surface area contributed by atoms with E-state index in [1.807, 2.05) is 30.5 Å². The molecule has 340 valence electrons. The van der Waals surface area contributed by atoms with E-state index in [-0.39, 0.29) is 47.7 Å². The Balaban J connectivity index is 0.707. The standard InChI is InChI=1S/C47H61N11O6/c1-29(2)43-36(51-44(60)37-28-64-46(52-37)33-16-17-49-41(22-33)50-24-32-6-7-32)27-57(54-43)34-11-8-31(9-12-34)23-48-25-35-26-56(19-20-63-35)18-4-5-30-10-13-38-40(21-30)55(3)47(62)58(38)39-14-15-42(59)53-45(39)61/h10,13,16-17,21-22,27-29,31-32,34-35,39,48H,4-9,11-12,14-15,18-20,23-26H2,1-3H3,(H,49,50)(H,51,60)(H,53,59,61)/t31?,34?,35-,39?/m1/s1. The summed E-state index contributed by atoms with van der Waals surface area (Å²) in [5, 5.41) is 17.5. The van der Waals surface area contributed by atoms with Crippen molar-refractivity contribution in [3.8, 4) is 11.5 Å². The number of nitrogens with zero attached hydrogens (tertiary/aromatic N) is 7. The molecule has 0 radical (unpaired) electrons. The number of carbonyl (C=O) groups excluding carboxylic acids is 3. The van der Waals surface area contributed by atoms with Crippen LogP contribution >= 0.6 is 0 Å². The highest BCUT2D eigenvalue weighted by Crippen LogP contribution is 2.35. The lowest BCUT2D eigenvalue weighted by Gasteiger charge is -2.34. The van der Waals surface area contributed by atoms with E-state index < -0.39 is 11.9 Å². The largest absolute Gasteiger partial charge is 0.444 e. The Bertz CT molecular complexity index is 2530. The molecule has 17 nitrogen and oxygen atoms in total.